The van der Waals surface area contributed by atoms with Crippen molar-refractivity contribution >= 4 is 0 Å². The molecular weight excluding hydrogens is 176 g/mol. The van der Waals surface area contributed by atoms with Crippen LogP contribution in [-0.2, 0) is 0 Å². The van der Waals surface area contributed by atoms with Crippen molar-refractivity contribution in [2.45, 2.75) is 32.3 Å². The van der Waals surface area contributed by atoms with Gasteiger partial charge >= 0.3 is 0 Å². The summed E-state index contributed by atoms with van der Waals surface area (Å²) in [4.78, 5) is 4.53. The lowest BCUT2D eigenvalue weighted by Gasteiger charge is -2.40. The van der Waals surface area contributed by atoms with Crippen LogP contribution >= 0.6 is 0 Å². The second kappa shape index (κ2) is 5.10. The fraction of sp³-hybridized carbons (Fsp3) is 1.00. The van der Waals surface area contributed by atoms with Gasteiger partial charge in [0.1, 0.15) is 0 Å². The number of likely N-dealkylation sites (N-methyl/N-ethyl adjacent to an activating group) is 2. The van der Waals surface area contributed by atoms with Crippen LogP contribution in [0.2, 0.25) is 0 Å². The van der Waals surface area contributed by atoms with Gasteiger partial charge in [0.05, 0.1) is 5.60 Å². The molecule has 3 heteroatoms. The molecule has 0 aliphatic carbocycles. The van der Waals surface area contributed by atoms with E-state index in [1.54, 1.807) is 0 Å². The number of piperidine rings is 1. The molecule has 0 aromatic carbocycles. The van der Waals surface area contributed by atoms with Gasteiger partial charge in [0.2, 0.25) is 0 Å². The zero-order chi connectivity index (χ0) is 10.6. The van der Waals surface area contributed by atoms with Crippen LogP contribution in [0.4, 0.5) is 0 Å². The van der Waals surface area contributed by atoms with Crippen LogP contribution in [-0.4, -0.2) is 60.3 Å². The largest absolute Gasteiger partial charge is 0.387 e. The number of aliphatic hydroxyl groups is 1. The van der Waals surface area contributed by atoms with E-state index in [0.29, 0.717) is 0 Å². The maximum absolute atomic E-state index is 10.4. The molecule has 14 heavy (non-hydrogen) atoms. The van der Waals surface area contributed by atoms with E-state index in [2.05, 4.69) is 30.7 Å². The minimum Gasteiger partial charge on any atom is -0.387 e. The standard InChI is InChI=1S/C11H24N2O/c1-4-13(5-2)10-11(14)7-6-8-12(3)9-11/h14H,4-10H2,1-3H3. The van der Waals surface area contributed by atoms with Gasteiger partial charge in [-0.1, -0.05) is 13.8 Å². The topological polar surface area (TPSA) is 26.7 Å². The van der Waals surface area contributed by atoms with Gasteiger partial charge in [-0.25, -0.2) is 0 Å². The Hall–Kier alpha value is -0.120. The first kappa shape index (κ1) is 12.0. The van der Waals surface area contributed by atoms with Crippen LogP contribution < -0.4 is 0 Å². The predicted molar refractivity (Wildman–Crippen MR) is 59.5 cm³/mol. The monoisotopic (exact) mass is 200 g/mol. The molecule has 1 N–H and O–H groups in total. The normalized spacial score (nSPS) is 29.8. The highest BCUT2D eigenvalue weighted by atomic mass is 16.3. The summed E-state index contributed by atoms with van der Waals surface area (Å²) in [6.07, 6.45) is 2.07. The van der Waals surface area contributed by atoms with Gasteiger partial charge in [0.25, 0.3) is 0 Å². The molecule has 0 aromatic rings. The predicted octanol–water partition coefficient (Wildman–Crippen LogP) is 0.785. The number of β-amino-alcohol motifs (C(OH)–C–C–N with tert-alkyl or cyclic N) is 1. The molecular formula is C11H24N2O. The lowest BCUT2D eigenvalue weighted by molar-refractivity contribution is -0.0455. The second-order valence-electron chi connectivity index (χ2n) is 4.53. The molecule has 3 nitrogen and oxygen atoms in total. The van der Waals surface area contributed by atoms with Crippen molar-refractivity contribution in [2.75, 3.05) is 39.8 Å². The molecule has 1 heterocycles. The summed E-state index contributed by atoms with van der Waals surface area (Å²) in [5.74, 6) is 0. The Kier molecular flexibility index (Phi) is 4.35. The fourth-order valence-corrected chi connectivity index (χ4v) is 2.33. The minimum absolute atomic E-state index is 0.473. The highest BCUT2D eigenvalue weighted by molar-refractivity contribution is 4.88. The molecule has 0 saturated carbocycles. The molecule has 0 radical (unpaired) electrons. The Morgan fingerprint density at radius 1 is 1.36 bits per heavy atom. The van der Waals surface area contributed by atoms with E-state index in [1.807, 2.05) is 0 Å². The third-order valence-corrected chi connectivity index (χ3v) is 3.16. The molecule has 84 valence electrons. The van der Waals surface area contributed by atoms with Crippen LogP contribution in [0.15, 0.2) is 0 Å². The van der Waals surface area contributed by atoms with E-state index in [1.165, 1.54) is 0 Å². The van der Waals surface area contributed by atoms with Crippen LogP contribution in [0.3, 0.4) is 0 Å². The number of rotatable bonds is 4. The molecule has 1 atom stereocenters. The summed E-state index contributed by atoms with van der Waals surface area (Å²) < 4.78 is 0. The molecule has 0 bridgehead atoms. The first-order chi connectivity index (χ1) is 6.59. The SMILES string of the molecule is CCN(CC)CC1(O)CCCN(C)C1. The molecule has 1 aliphatic rings. The van der Waals surface area contributed by atoms with Crippen LogP contribution in [0.1, 0.15) is 26.7 Å². The second-order valence-corrected chi connectivity index (χ2v) is 4.53. The summed E-state index contributed by atoms with van der Waals surface area (Å²) in [6.45, 7) is 9.14. The first-order valence-corrected chi connectivity index (χ1v) is 5.73. The average molecular weight is 200 g/mol. The molecule has 1 unspecified atom stereocenters. The van der Waals surface area contributed by atoms with E-state index in [-0.39, 0.29) is 0 Å². The lowest BCUT2D eigenvalue weighted by Crippen LogP contribution is -2.53. The van der Waals surface area contributed by atoms with Crippen molar-refractivity contribution in [3.05, 3.63) is 0 Å². The lowest BCUT2D eigenvalue weighted by atomic mass is 9.92. The number of hydrogen-bond donors (Lipinski definition) is 1. The third-order valence-electron chi connectivity index (χ3n) is 3.16. The van der Waals surface area contributed by atoms with E-state index in [9.17, 15) is 5.11 Å². The van der Waals surface area contributed by atoms with Crippen molar-refractivity contribution in [3.63, 3.8) is 0 Å². The maximum atomic E-state index is 10.4. The fourth-order valence-electron chi connectivity index (χ4n) is 2.33. The zero-order valence-electron chi connectivity index (χ0n) is 9.79. The molecule has 1 aliphatic heterocycles. The highest BCUT2D eigenvalue weighted by Crippen LogP contribution is 2.21. The third kappa shape index (κ3) is 3.23. The Bertz CT molecular complexity index is 171. The summed E-state index contributed by atoms with van der Waals surface area (Å²) in [5.41, 5.74) is -0.473. The van der Waals surface area contributed by atoms with Crippen molar-refractivity contribution in [3.8, 4) is 0 Å². The van der Waals surface area contributed by atoms with E-state index < -0.39 is 5.60 Å². The van der Waals surface area contributed by atoms with E-state index in [4.69, 9.17) is 0 Å². The van der Waals surface area contributed by atoms with Crippen molar-refractivity contribution in [2.24, 2.45) is 0 Å². The maximum Gasteiger partial charge on any atom is 0.0900 e. The molecule has 1 fully saturated rings. The van der Waals surface area contributed by atoms with Gasteiger partial charge < -0.3 is 14.9 Å². The van der Waals surface area contributed by atoms with Crippen LogP contribution in [0.5, 0.6) is 0 Å². The summed E-state index contributed by atoms with van der Waals surface area (Å²) in [5, 5.41) is 10.4. The van der Waals surface area contributed by atoms with Crippen molar-refractivity contribution < 1.29 is 5.11 Å². The molecule has 0 amide bonds. The van der Waals surface area contributed by atoms with E-state index >= 15 is 0 Å². The number of likely N-dealkylation sites (tertiary alicyclic amines) is 1. The van der Waals surface area contributed by atoms with Crippen molar-refractivity contribution in [1.82, 2.24) is 9.80 Å². The van der Waals surface area contributed by atoms with Gasteiger partial charge in [0, 0.05) is 13.1 Å². The van der Waals surface area contributed by atoms with Gasteiger partial charge in [0.15, 0.2) is 0 Å². The summed E-state index contributed by atoms with van der Waals surface area (Å²) >= 11 is 0. The summed E-state index contributed by atoms with van der Waals surface area (Å²) in [7, 11) is 2.09. The van der Waals surface area contributed by atoms with Gasteiger partial charge in [-0.2, -0.15) is 0 Å². The molecule has 0 aromatic heterocycles. The molecule has 1 saturated heterocycles. The van der Waals surface area contributed by atoms with Gasteiger partial charge in [-0.3, -0.25) is 0 Å². The Morgan fingerprint density at radius 3 is 2.50 bits per heavy atom. The Morgan fingerprint density at radius 2 is 2.00 bits per heavy atom. The summed E-state index contributed by atoms with van der Waals surface area (Å²) in [6, 6.07) is 0. The van der Waals surface area contributed by atoms with Crippen LogP contribution in [0, 0.1) is 0 Å². The Labute approximate surface area is 87.7 Å². The zero-order valence-corrected chi connectivity index (χ0v) is 9.79. The number of hydrogen-bond acceptors (Lipinski definition) is 3. The number of nitrogens with zero attached hydrogens (tertiary/aromatic N) is 2. The Balaban J connectivity index is 2.46. The highest BCUT2D eigenvalue weighted by Gasteiger charge is 2.32. The molecule has 0 spiro atoms. The smallest absolute Gasteiger partial charge is 0.0900 e. The average Bonchev–Trinajstić information content (AvgIpc) is 2.14. The van der Waals surface area contributed by atoms with Gasteiger partial charge in [-0.05, 0) is 39.5 Å². The first-order valence-electron chi connectivity index (χ1n) is 5.73. The molecule has 1 rings (SSSR count). The van der Waals surface area contributed by atoms with Gasteiger partial charge in [-0.15, -0.1) is 0 Å². The minimum atomic E-state index is -0.473. The quantitative estimate of drug-likeness (QED) is 0.726. The van der Waals surface area contributed by atoms with Crippen molar-refractivity contribution in [1.29, 1.82) is 0 Å². The van der Waals surface area contributed by atoms with E-state index in [0.717, 1.165) is 45.6 Å². The van der Waals surface area contributed by atoms with Crippen LogP contribution in [0.25, 0.3) is 0 Å².